The molecule has 1 saturated carbocycles. The van der Waals surface area contributed by atoms with Crippen LogP contribution in [-0.2, 0) is 0 Å². The maximum absolute atomic E-state index is 4.82. The van der Waals surface area contributed by atoms with Crippen molar-refractivity contribution in [1.29, 1.82) is 0 Å². The molecular weight excluding hydrogens is 246 g/mol. The molecule has 0 spiro atoms. The Morgan fingerprint density at radius 2 is 1.75 bits per heavy atom. The number of anilines is 1. The number of rotatable bonds is 5. The van der Waals surface area contributed by atoms with Crippen molar-refractivity contribution in [3.8, 4) is 0 Å². The maximum atomic E-state index is 4.82. The van der Waals surface area contributed by atoms with Gasteiger partial charge in [0, 0.05) is 23.7 Å². The zero-order chi connectivity index (χ0) is 14.5. The Balaban J connectivity index is 2.13. The van der Waals surface area contributed by atoms with Crippen LogP contribution in [0.15, 0.2) is 0 Å². The van der Waals surface area contributed by atoms with Gasteiger partial charge < -0.3 is 5.32 Å². The highest BCUT2D eigenvalue weighted by Crippen LogP contribution is 2.36. The van der Waals surface area contributed by atoms with Crippen LogP contribution in [0.4, 0.5) is 5.82 Å². The van der Waals surface area contributed by atoms with E-state index < -0.39 is 0 Å². The molecule has 1 aliphatic rings. The van der Waals surface area contributed by atoms with Crippen molar-refractivity contribution in [1.82, 2.24) is 9.97 Å². The summed E-state index contributed by atoms with van der Waals surface area (Å²) >= 11 is 0. The molecular formula is C17H29N3. The molecule has 0 unspecified atom stereocenters. The summed E-state index contributed by atoms with van der Waals surface area (Å²) in [5.41, 5.74) is 2.33. The Bertz CT molecular complexity index is 434. The van der Waals surface area contributed by atoms with E-state index in [0.717, 1.165) is 36.2 Å². The lowest BCUT2D eigenvalue weighted by molar-refractivity contribution is 0.312. The first kappa shape index (κ1) is 15.3. The smallest absolute Gasteiger partial charge is 0.134 e. The normalized spacial score (nSPS) is 22.8. The van der Waals surface area contributed by atoms with Crippen molar-refractivity contribution in [2.75, 3.05) is 11.9 Å². The van der Waals surface area contributed by atoms with E-state index in [4.69, 9.17) is 9.97 Å². The second kappa shape index (κ2) is 7.05. The van der Waals surface area contributed by atoms with E-state index in [-0.39, 0.29) is 0 Å². The average Bonchev–Trinajstić information content (AvgIpc) is 2.48. The van der Waals surface area contributed by atoms with E-state index in [1.54, 1.807) is 0 Å². The van der Waals surface area contributed by atoms with Gasteiger partial charge in [-0.2, -0.15) is 0 Å². The Kier molecular flexibility index (Phi) is 5.38. The number of hydrogen-bond donors (Lipinski definition) is 1. The van der Waals surface area contributed by atoms with Crippen molar-refractivity contribution in [3.63, 3.8) is 0 Å². The third kappa shape index (κ3) is 3.50. The fraction of sp³-hybridized carbons (Fsp3) is 0.765. The molecule has 20 heavy (non-hydrogen) atoms. The van der Waals surface area contributed by atoms with Crippen LogP contribution in [0.25, 0.3) is 0 Å². The molecule has 1 heterocycles. The van der Waals surface area contributed by atoms with Gasteiger partial charge >= 0.3 is 0 Å². The zero-order valence-corrected chi connectivity index (χ0v) is 13.5. The van der Waals surface area contributed by atoms with E-state index in [0.29, 0.717) is 5.92 Å². The molecule has 0 bridgehead atoms. The van der Waals surface area contributed by atoms with Crippen LogP contribution in [0, 0.1) is 19.8 Å². The molecule has 1 fully saturated rings. The van der Waals surface area contributed by atoms with Gasteiger partial charge in [-0.3, -0.25) is 0 Å². The fourth-order valence-electron chi connectivity index (χ4n) is 3.08. The van der Waals surface area contributed by atoms with Crippen molar-refractivity contribution < 1.29 is 0 Å². The summed E-state index contributed by atoms with van der Waals surface area (Å²) < 4.78 is 0. The standard InChI is InChI=1S/C17H29N3/c1-5-11-18-16-12(3)13(4)19-17(20-16)15-9-7-14(6-2)8-10-15/h14-15H,5-11H2,1-4H3,(H,18,19,20). The van der Waals surface area contributed by atoms with Crippen LogP contribution in [-0.4, -0.2) is 16.5 Å². The lowest BCUT2D eigenvalue weighted by Gasteiger charge is -2.27. The van der Waals surface area contributed by atoms with Crippen molar-refractivity contribution in [2.45, 2.75) is 72.1 Å². The van der Waals surface area contributed by atoms with Crippen LogP contribution in [0.2, 0.25) is 0 Å². The molecule has 0 radical (unpaired) electrons. The molecule has 0 aliphatic heterocycles. The lowest BCUT2D eigenvalue weighted by atomic mass is 9.80. The molecule has 1 aliphatic carbocycles. The quantitative estimate of drug-likeness (QED) is 0.853. The molecule has 1 N–H and O–H groups in total. The molecule has 0 aromatic carbocycles. The summed E-state index contributed by atoms with van der Waals surface area (Å²) in [6.07, 6.45) is 7.65. The summed E-state index contributed by atoms with van der Waals surface area (Å²) in [5.74, 6) is 3.61. The van der Waals surface area contributed by atoms with E-state index in [1.807, 2.05) is 0 Å². The summed E-state index contributed by atoms with van der Waals surface area (Å²) in [7, 11) is 0. The second-order valence-corrected chi connectivity index (χ2v) is 6.19. The highest BCUT2D eigenvalue weighted by molar-refractivity contribution is 5.45. The van der Waals surface area contributed by atoms with Gasteiger partial charge in [0.05, 0.1) is 0 Å². The molecule has 1 aromatic heterocycles. The number of nitrogens with zero attached hydrogens (tertiary/aromatic N) is 2. The van der Waals surface area contributed by atoms with Gasteiger partial charge in [0.25, 0.3) is 0 Å². The minimum absolute atomic E-state index is 0.569. The molecule has 112 valence electrons. The first-order chi connectivity index (χ1) is 9.65. The summed E-state index contributed by atoms with van der Waals surface area (Å²) in [6, 6.07) is 0. The third-order valence-corrected chi connectivity index (χ3v) is 4.74. The SMILES string of the molecule is CCCNc1nc(C2CCC(CC)CC2)nc(C)c1C. The zero-order valence-electron chi connectivity index (χ0n) is 13.5. The van der Waals surface area contributed by atoms with E-state index >= 15 is 0 Å². The van der Waals surface area contributed by atoms with Crippen LogP contribution in [0.1, 0.15) is 75.4 Å². The van der Waals surface area contributed by atoms with Crippen molar-refractivity contribution >= 4 is 5.82 Å². The summed E-state index contributed by atoms with van der Waals surface area (Å²) in [5, 5.41) is 3.45. The topological polar surface area (TPSA) is 37.8 Å². The first-order valence-electron chi connectivity index (χ1n) is 8.24. The van der Waals surface area contributed by atoms with Gasteiger partial charge in [-0.1, -0.05) is 20.3 Å². The molecule has 0 saturated heterocycles. The van der Waals surface area contributed by atoms with Gasteiger partial charge in [-0.05, 0) is 51.9 Å². The van der Waals surface area contributed by atoms with Crippen LogP contribution in [0.5, 0.6) is 0 Å². The number of aryl methyl sites for hydroxylation is 1. The van der Waals surface area contributed by atoms with E-state index in [1.165, 1.54) is 37.7 Å². The number of nitrogens with one attached hydrogen (secondary N) is 1. The lowest BCUT2D eigenvalue weighted by Crippen LogP contribution is -2.17. The van der Waals surface area contributed by atoms with E-state index in [2.05, 4.69) is 33.0 Å². The molecule has 0 amide bonds. The minimum atomic E-state index is 0.569. The Morgan fingerprint density at radius 3 is 2.35 bits per heavy atom. The highest BCUT2D eigenvalue weighted by Gasteiger charge is 2.24. The molecule has 1 aromatic rings. The van der Waals surface area contributed by atoms with E-state index in [9.17, 15) is 0 Å². The van der Waals surface area contributed by atoms with Crippen molar-refractivity contribution in [2.24, 2.45) is 5.92 Å². The molecule has 2 rings (SSSR count). The highest BCUT2D eigenvalue weighted by atomic mass is 15.0. The minimum Gasteiger partial charge on any atom is -0.370 e. The Morgan fingerprint density at radius 1 is 1.05 bits per heavy atom. The second-order valence-electron chi connectivity index (χ2n) is 6.19. The fourth-order valence-corrected chi connectivity index (χ4v) is 3.08. The van der Waals surface area contributed by atoms with Gasteiger partial charge in [-0.15, -0.1) is 0 Å². The predicted molar refractivity (Wildman–Crippen MR) is 85.3 cm³/mol. The number of aromatic nitrogens is 2. The molecule has 3 nitrogen and oxygen atoms in total. The number of hydrogen-bond acceptors (Lipinski definition) is 3. The van der Waals surface area contributed by atoms with Crippen LogP contribution >= 0.6 is 0 Å². The molecule has 0 atom stereocenters. The monoisotopic (exact) mass is 275 g/mol. The van der Waals surface area contributed by atoms with Crippen LogP contribution < -0.4 is 5.32 Å². The third-order valence-electron chi connectivity index (χ3n) is 4.74. The van der Waals surface area contributed by atoms with Crippen molar-refractivity contribution in [3.05, 3.63) is 17.1 Å². The summed E-state index contributed by atoms with van der Waals surface area (Å²) in [4.78, 5) is 9.59. The molecule has 3 heteroatoms. The average molecular weight is 275 g/mol. The largest absolute Gasteiger partial charge is 0.370 e. The van der Waals surface area contributed by atoms with Gasteiger partial charge in [0.1, 0.15) is 11.6 Å². The summed E-state index contributed by atoms with van der Waals surface area (Å²) in [6.45, 7) is 9.70. The van der Waals surface area contributed by atoms with Gasteiger partial charge in [-0.25, -0.2) is 9.97 Å². The maximum Gasteiger partial charge on any atom is 0.134 e. The Labute approximate surface area is 123 Å². The van der Waals surface area contributed by atoms with Gasteiger partial charge in [0.15, 0.2) is 0 Å². The predicted octanol–water partition coefficient (Wildman–Crippen LogP) is 4.60. The Hall–Kier alpha value is -1.12. The first-order valence-corrected chi connectivity index (χ1v) is 8.24. The van der Waals surface area contributed by atoms with Gasteiger partial charge in [0.2, 0.25) is 0 Å². The van der Waals surface area contributed by atoms with Crippen LogP contribution in [0.3, 0.4) is 0 Å².